The van der Waals surface area contributed by atoms with Crippen molar-refractivity contribution in [2.24, 2.45) is 0 Å². The highest BCUT2D eigenvalue weighted by Crippen LogP contribution is 2.28. The Labute approximate surface area is 153 Å². The van der Waals surface area contributed by atoms with Gasteiger partial charge < -0.3 is 19.9 Å². The largest absolute Gasteiger partial charge is 0.495 e. The van der Waals surface area contributed by atoms with Crippen LogP contribution in [-0.4, -0.2) is 44.2 Å². The first kappa shape index (κ1) is 18.0. The Kier molecular flexibility index (Phi) is 5.61. The summed E-state index contributed by atoms with van der Waals surface area (Å²) in [5.74, 6) is 0.565. The van der Waals surface area contributed by atoms with E-state index in [4.69, 9.17) is 4.74 Å². The van der Waals surface area contributed by atoms with Crippen LogP contribution in [0.1, 0.15) is 18.5 Å². The lowest BCUT2D eigenvalue weighted by Gasteiger charge is -2.37. The molecule has 0 aliphatic carbocycles. The maximum absolute atomic E-state index is 13.0. The minimum Gasteiger partial charge on any atom is -0.495 e. The number of nitrogens with zero attached hydrogens (tertiary/aromatic N) is 2. The summed E-state index contributed by atoms with van der Waals surface area (Å²) in [4.78, 5) is 16.6. The SMILES string of the molecule is COc1ccccc1N1CCN(C(=O)NC(C)c2ccc(F)cc2)CC1. The third kappa shape index (κ3) is 4.07. The van der Waals surface area contributed by atoms with Gasteiger partial charge >= 0.3 is 6.03 Å². The monoisotopic (exact) mass is 357 g/mol. The summed E-state index contributed by atoms with van der Waals surface area (Å²) in [7, 11) is 1.67. The zero-order chi connectivity index (χ0) is 18.5. The molecular formula is C20H24FN3O2. The Hall–Kier alpha value is -2.76. The highest BCUT2D eigenvalue weighted by atomic mass is 19.1. The van der Waals surface area contributed by atoms with E-state index in [-0.39, 0.29) is 17.9 Å². The van der Waals surface area contributed by atoms with Gasteiger partial charge in [0.05, 0.1) is 18.8 Å². The van der Waals surface area contributed by atoms with E-state index in [0.29, 0.717) is 13.1 Å². The number of urea groups is 1. The summed E-state index contributed by atoms with van der Waals surface area (Å²) in [5, 5.41) is 2.98. The van der Waals surface area contributed by atoms with Crippen LogP contribution in [0.15, 0.2) is 48.5 Å². The molecule has 138 valence electrons. The molecule has 6 heteroatoms. The molecule has 2 aromatic rings. The number of anilines is 1. The first-order valence-corrected chi connectivity index (χ1v) is 8.77. The zero-order valence-electron chi connectivity index (χ0n) is 15.1. The molecule has 2 amide bonds. The number of hydrogen-bond donors (Lipinski definition) is 1. The topological polar surface area (TPSA) is 44.8 Å². The van der Waals surface area contributed by atoms with Crippen molar-refractivity contribution in [3.8, 4) is 5.75 Å². The molecule has 1 N–H and O–H groups in total. The fourth-order valence-corrected chi connectivity index (χ4v) is 3.15. The van der Waals surface area contributed by atoms with Crippen molar-refractivity contribution in [1.82, 2.24) is 10.2 Å². The lowest BCUT2D eigenvalue weighted by molar-refractivity contribution is 0.191. The summed E-state index contributed by atoms with van der Waals surface area (Å²) in [6, 6.07) is 13.8. The summed E-state index contributed by atoms with van der Waals surface area (Å²) in [6.07, 6.45) is 0. The van der Waals surface area contributed by atoms with Gasteiger partial charge in [-0.2, -0.15) is 0 Å². The fourth-order valence-electron chi connectivity index (χ4n) is 3.15. The van der Waals surface area contributed by atoms with Crippen LogP contribution in [0.4, 0.5) is 14.9 Å². The van der Waals surface area contributed by atoms with E-state index in [9.17, 15) is 9.18 Å². The van der Waals surface area contributed by atoms with Crippen molar-refractivity contribution in [1.29, 1.82) is 0 Å². The van der Waals surface area contributed by atoms with Gasteiger partial charge in [0.15, 0.2) is 0 Å². The highest BCUT2D eigenvalue weighted by molar-refractivity contribution is 5.75. The molecule has 0 spiro atoms. The predicted octanol–water partition coefficient (Wildman–Crippen LogP) is 3.43. The second-order valence-electron chi connectivity index (χ2n) is 6.37. The smallest absolute Gasteiger partial charge is 0.317 e. The van der Waals surface area contributed by atoms with Crippen molar-refractivity contribution >= 4 is 11.7 Å². The number of hydrogen-bond acceptors (Lipinski definition) is 3. The van der Waals surface area contributed by atoms with Crippen molar-refractivity contribution in [3.05, 3.63) is 59.9 Å². The molecule has 3 rings (SSSR count). The predicted molar refractivity (Wildman–Crippen MR) is 100 cm³/mol. The number of rotatable bonds is 4. The average molecular weight is 357 g/mol. The summed E-state index contributed by atoms with van der Waals surface area (Å²) in [5.41, 5.74) is 1.93. The molecule has 5 nitrogen and oxygen atoms in total. The van der Waals surface area contributed by atoms with Gasteiger partial charge in [-0.15, -0.1) is 0 Å². The summed E-state index contributed by atoms with van der Waals surface area (Å²) < 4.78 is 18.4. The number of para-hydroxylation sites is 2. The van der Waals surface area contributed by atoms with Gasteiger partial charge in [-0.25, -0.2) is 9.18 Å². The third-order valence-electron chi connectivity index (χ3n) is 4.70. The number of methoxy groups -OCH3 is 1. The molecular weight excluding hydrogens is 333 g/mol. The normalized spacial score (nSPS) is 15.5. The van der Waals surface area contributed by atoms with E-state index in [2.05, 4.69) is 10.2 Å². The van der Waals surface area contributed by atoms with Crippen LogP contribution in [0.5, 0.6) is 5.75 Å². The van der Waals surface area contributed by atoms with Crippen LogP contribution in [0.3, 0.4) is 0 Å². The lowest BCUT2D eigenvalue weighted by atomic mass is 10.1. The maximum Gasteiger partial charge on any atom is 0.317 e. The molecule has 1 unspecified atom stereocenters. The average Bonchev–Trinajstić information content (AvgIpc) is 2.68. The second kappa shape index (κ2) is 8.08. The van der Waals surface area contributed by atoms with E-state index < -0.39 is 0 Å². The summed E-state index contributed by atoms with van der Waals surface area (Å²) >= 11 is 0. The highest BCUT2D eigenvalue weighted by Gasteiger charge is 2.23. The maximum atomic E-state index is 13.0. The van der Waals surface area contributed by atoms with Gasteiger partial charge in [-0.1, -0.05) is 24.3 Å². The van der Waals surface area contributed by atoms with Gasteiger partial charge in [-0.05, 0) is 36.8 Å². The van der Waals surface area contributed by atoms with E-state index in [1.165, 1.54) is 12.1 Å². The van der Waals surface area contributed by atoms with Gasteiger partial charge in [0.2, 0.25) is 0 Å². The van der Waals surface area contributed by atoms with E-state index >= 15 is 0 Å². The first-order valence-electron chi connectivity index (χ1n) is 8.77. The van der Waals surface area contributed by atoms with Crippen LogP contribution in [-0.2, 0) is 0 Å². The van der Waals surface area contributed by atoms with Crippen LogP contribution in [0.2, 0.25) is 0 Å². The number of benzene rings is 2. The molecule has 0 bridgehead atoms. The van der Waals surface area contributed by atoms with E-state index in [1.807, 2.05) is 36.1 Å². The number of piperazine rings is 1. The Morgan fingerprint density at radius 1 is 1.08 bits per heavy atom. The molecule has 2 aromatic carbocycles. The molecule has 1 aliphatic rings. The van der Waals surface area contributed by atoms with Gasteiger partial charge in [0.1, 0.15) is 11.6 Å². The second-order valence-corrected chi connectivity index (χ2v) is 6.37. The molecule has 26 heavy (non-hydrogen) atoms. The number of amides is 2. The number of nitrogens with one attached hydrogen (secondary N) is 1. The molecule has 0 radical (unpaired) electrons. The minimum absolute atomic E-state index is 0.0958. The standard InChI is InChI=1S/C20H24FN3O2/c1-15(16-7-9-17(21)10-8-16)22-20(25)24-13-11-23(12-14-24)18-5-3-4-6-19(18)26-2/h3-10,15H,11-14H2,1-2H3,(H,22,25). The van der Waals surface area contributed by atoms with E-state index in [1.54, 1.807) is 19.2 Å². The van der Waals surface area contributed by atoms with Gasteiger partial charge in [-0.3, -0.25) is 0 Å². The quantitative estimate of drug-likeness (QED) is 0.912. The number of carbonyl (C=O) groups excluding carboxylic acids is 1. The van der Waals surface area contributed by atoms with Crippen molar-refractivity contribution in [2.75, 3.05) is 38.2 Å². The van der Waals surface area contributed by atoms with Crippen molar-refractivity contribution in [3.63, 3.8) is 0 Å². The lowest BCUT2D eigenvalue weighted by Crippen LogP contribution is -2.52. The van der Waals surface area contributed by atoms with Crippen molar-refractivity contribution in [2.45, 2.75) is 13.0 Å². The molecule has 1 aliphatic heterocycles. The van der Waals surface area contributed by atoms with Gasteiger partial charge in [0.25, 0.3) is 0 Å². The molecule has 0 aromatic heterocycles. The Bertz CT molecular complexity index is 743. The van der Waals surface area contributed by atoms with Gasteiger partial charge in [0, 0.05) is 26.2 Å². The third-order valence-corrected chi connectivity index (χ3v) is 4.70. The minimum atomic E-state index is -0.278. The molecule has 1 saturated heterocycles. The number of halogens is 1. The van der Waals surface area contributed by atoms with Crippen LogP contribution < -0.4 is 15.0 Å². The van der Waals surface area contributed by atoms with Crippen molar-refractivity contribution < 1.29 is 13.9 Å². The van der Waals surface area contributed by atoms with Crippen LogP contribution in [0, 0.1) is 5.82 Å². The van der Waals surface area contributed by atoms with Crippen LogP contribution in [0.25, 0.3) is 0 Å². The first-order chi connectivity index (χ1) is 12.6. The Balaban J connectivity index is 1.56. The Morgan fingerprint density at radius 3 is 2.38 bits per heavy atom. The van der Waals surface area contributed by atoms with E-state index in [0.717, 1.165) is 30.1 Å². The number of carbonyl (C=O) groups is 1. The van der Waals surface area contributed by atoms with Crippen LogP contribution >= 0.6 is 0 Å². The molecule has 1 heterocycles. The fraction of sp³-hybridized carbons (Fsp3) is 0.350. The zero-order valence-corrected chi connectivity index (χ0v) is 15.1. The Morgan fingerprint density at radius 2 is 1.73 bits per heavy atom. The molecule has 1 fully saturated rings. The molecule has 0 saturated carbocycles. The number of ether oxygens (including phenoxy) is 1. The summed E-state index contributed by atoms with van der Waals surface area (Å²) in [6.45, 7) is 4.67. The molecule has 1 atom stereocenters.